The third-order valence-corrected chi connectivity index (χ3v) is 6.35. The summed E-state index contributed by atoms with van der Waals surface area (Å²) in [5.74, 6) is -1.56. The molecule has 0 saturated carbocycles. The molecule has 1 N–H and O–H groups in total. The molecule has 2 aromatic heterocycles. The number of nitrogens with one attached hydrogen (secondary N) is 1. The molecule has 10 heteroatoms. The van der Waals surface area contributed by atoms with Gasteiger partial charge in [-0.15, -0.1) is 11.3 Å². The smallest absolute Gasteiger partial charge is 0.348 e. The maximum atomic E-state index is 13.1. The molecule has 0 aliphatic rings. The third kappa shape index (κ3) is 4.67. The molecule has 164 valence electrons. The molecule has 0 fully saturated rings. The third-order valence-electron chi connectivity index (χ3n) is 4.62. The van der Waals surface area contributed by atoms with Crippen molar-refractivity contribution in [2.45, 2.75) is 53.5 Å². The van der Waals surface area contributed by atoms with E-state index in [2.05, 4.69) is 10.4 Å². The van der Waals surface area contributed by atoms with E-state index in [9.17, 15) is 14.4 Å². The van der Waals surface area contributed by atoms with Gasteiger partial charge in [-0.3, -0.25) is 9.48 Å². The second-order valence-electron chi connectivity index (χ2n) is 6.73. The van der Waals surface area contributed by atoms with Crippen LogP contribution in [0.2, 0.25) is 5.02 Å². The molecule has 0 spiro atoms. The van der Waals surface area contributed by atoms with E-state index in [0.29, 0.717) is 34.8 Å². The summed E-state index contributed by atoms with van der Waals surface area (Å²) in [7, 11) is 1.26. The summed E-state index contributed by atoms with van der Waals surface area (Å²) in [5.41, 5.74) is 1.87. The number of hydrogen-bond acceptors (Lipinski definition) is 7. The van der Waals surface area contributed by atoms with E-state index in [1.54, 1.807) is 25.5 Å². The van der Waals surface area contributed by atoms with Gasteiger partial charge in [0, 0.05) is 0 Å². The van der Waals surface area contributed by atoms with Crippen LogP contribution >= 0.6 is 22.9 Å². The lowest BCUT2D eigenvalue weighted by Gasteiger charge is -2.17. The van der Waals surface area contributed by atoms with Crippen molar-refractivity contribution in [3.05, 3.63) is 32.4 Å². The van der Waals surface area contributed by atoms with Gasteiger partial charge in [-0.25, -0.2) is 9.59 Å². The Bertz CT molecular complexity index is 966. The van der Waals surface area contributed by atoms with Crippen molar-refractivity contribution in [1.82, 2.24) is 9.78 Å². The highest BCUT2D eigenvalue weighted by Crippen LogP contribution is 2.35. The first-order chi connectivity index (χ1) is 14.2. The van der Waals surface area contributed by atoms with Gasteiger partial charge in [0.2, 0.25) is 5.91 Å². The number of ether oxygens (including phenoxy) is 2. The Labute approximate surface area is 184 Å². The van der Waals surface area contributed by atoms with Crippen LogP contribution in [0, 0.1) is 20.8 Å². The molecule has 0 saturated heterocycles. The highest BCUT2D eigenvalue weighted by atomic mass is 35.5. The number of nitrogens with zero attached hydrogens (tertiary/aromatic N) is 2. The summed E-state index contributed by atoms with van der Waals surface area (Å²) in [6.45, 7) is 9.14. The Balaban J connectivity index is 2.43. The van der Waals surface area contributed by atoms with Crippen LogP contribution in [0.4, 0.5) is 5.00 Å². The molecule has 1 amide bonds. The molecule has 0 bridgehead atoms. The van der Waals surface area contributed by atoms with Gasteiger partial charge < -0.3 is 14.8 Å². The fourth-order valence-electron chi connectivity index (χ4n) is 3.01. The monoisotopic (exact) mass is 455 g/mol. The molecule has 0 radical (unpaired) electrons. The highest BCUT2D eigenvalue weighted by Gasteiger charge is 2.30. The van der Waals surface area contributed by atoms with E-state index in [0.717, 1.165) is 11.3 Å². The number of carbonyl (C=O) groups is 3. The van der Waals surface area contributed by atoms with Crippen molar-refractivity contribution >= 4 is 45.8 Å². The van der Waals surface area contributed by atoms with Gasteiger partial charge in [0.1, 0.15) is 15.9 Å². The Hall–Kier alpha value is -2.39. The number of aryl methyl sites for hydroxylation is 1. The average Bonchev–Trinajstić information content (AvgIpc) is 3.17. The molecule has 1 unspecified atom stereocenters. The zero-order chi connectivity index (χ0) is 22.6. The standard InChI is InChI=1S/C20H26ClN3O5S/c1-7-9-29-19(26)14-10(3)16(20(27)28-6)30-18(14)22-17(25)13(8-2)24-12(5)15(21)11(4)23-24/h13H,7-9H2,1-6H3,(H,22,25). The number of methoxy groups -OCH3 is 1. The second-order valence-corrected chi connectivity index (χ2v) is 8.13. The van der Waals surface area contributed by atoms with Crippen LogP contribution in [-0.4, -0.2) is 41.3 Å². The van der Waals surface area contributed by atoms with Gasteiger partial charge in [0.05, 0.1) is 35.7 Å². The minimum Gasteiger partial charge on any atom is -0.465 e. The second kappa shape index (κ2) is 10.1. The van der Waals surface area contributed by atoms with Gasteiger partial charge in [-0.2, -0.15) is 5.10 Å². The number of hydrogen-bond donors (Lipinski definition) is 1. The highest BCUT2D eigenvalue weighted by molar-refractivity contribution is 7.18. The zero-order valence-electron chi connectivity index (χ0n) is 17.9. The first kappa shape index (κ1) is 23.9. The van der Waals surface area contributed by atoms with Crippen molar-refractivity contribution < 1.29 is 23.9 Å². The molecule has 2 rings (SSSR count). The van der Waals surface area contributed by atoms with Crippen LogP contribution in [0.3, 0.4) is 0 Å². The topological polar surface area (TPSA) is 99.5 Å². The zero-order valence-corrected chi connectivity index (χ0v) is 19.5. The van der Waals surface area contributed by atoms with Crippen LogP contribution in [0.1, 0.15) is 69.7 Å². The summed E-state index contributed by atoms with van der Waals surface area (Å²) in [6, 6.07) is -0.639. The molecule has 8 nitrogen and oxygen atoms in total. The fraction of sp³-hybridized carbons (Fsp3) is 0.500. The Morgan fingerprint density at radius 1 is 1.20 bits per heavy atom. The summed E-state index contributed by atoms with van der Waals surface area (Å²) in [5, 5.41) is 7.89. The summed E-state index contributed by atoms with van der Waals surface area (Å²) < 4.78 is 11.6. The van der Waals surface area contributed by atoms with Crippen molar-refractivity contribution in [3.63, 3.8) is 0 Å². The van der Waals surface area contributed by atoms with Gasteiger partial charge in [-0.1, -0.05) is 25.4 Å². The molecule has 2 aromatic rings. The number of anilines is 1. The van der Waals surface area contributed by atoms with E-state index in [1.165, 1.54) is 7.11 Å². The Morgan fingerprint density at radius 2 is 1.87 bits per heavy atom. The molecular weight excluding hydrogens is 430 g/mol. The maximum absolute atomic E-state index is 13.1. The SMILES string of the molecule is CCCOC(=O)c1c(NC(=O)C(CC)n2nc(C)c(Cl)c2C)sc(C(=O)OC)c1C. The van der Waals surface area contributed by atoms with E-state index in [4.69, 9.17) is 21.1 Å². The van der Waals surface area contributed by atoms with Gasteiger partial charge in [0.15, 0.2) is 0 Å². The number of carbonyl (C=O) groups excluding carboxylic acids is 3. The van der Waals surface area contributed by atoms with E-state index in [-0.39, 0.29) is 28.0 Å². The van der Waals surface area contributed by atoms with Gasteiger partial charge in [0.25, 0.3) is 0 Å². The van der Waals surface area contributed by atoms with E-state index in [1.807, 2.05) is 13.8 Å². The molecule has 0 aromatic carbocycles. The molecule has 0 aliphatic carbocycles. The normalized spacial score (nSPS) is 11.8. The number of thiophene rings is 1. The molecule has 1 atom stereocenters. The number of aromatic nitrogens is 2. The minimum atomic E-state index is -0.639. The van der Waals surface area contributed by atoms with Gasteiger partial charge in [-0.05, 0) is 39.2 Å². The van der Waals surface area contributed by atoms with Gasteiger partial charge >= 0.3 is 11.9 Å². The first-order valence-corrected chi connectivity index (χ1v) is 10.8. The van der Waals surface area contributed by atoms with E-state index >= 15 is 0 Å². The predicted molar refractivity (Wildman–Crippen MR) is 116 cm³/mol. The number of esters is 2. The summed E-state index contributed by atoms with van der Waals surface area (Å²) in [6.07, 6.45) is 1.10. The van der Waals surface area contributed by atoms with Crippen LogP contribution in [-0.2, 0) is 14.3 Å². The van der Waals surface area contributed by atoms with Crippen molar-refractivity contribution in [3.8, 4) is 0 Å². The minimum absolute atomic E-state index is 0.156. The number of amides is 1. The van der Waals surface area contributed by atoms with Crippen molar-refractivity contribution in [2.75, 3.05) is 19.0 Å². The van der Waals surface area contributed by atoms with Crippen LogP contribution in [0.25, 0.3) is 0 Å². The molecule has 2 heterocycles. The largest absolute Gasteiger partial charge is 0.465 e. The van der Waals surface area contributed by atoms with Crippen LogP contribution in [0.15, 0.2) is 0 Å². The summed E-state index contributed by atoms with van der Waals surface area (Å²) >= 11 is 7.21. The molecule has 0 aliphatic heterocycles. The molecular formula is C20H26ClN3O5S. The summed E-state index contributed by atoms with van der Waals surface area (Å²) in [4.78, 5) is 38.0. The number of rotatable bonds is 8. The predicted octanol–water partition coefficient (Wildman–Crippen LogP) is 4.47. The maximum Gasteiger partial charge on any atom is 0.348 e. The lowest BCUT2D eigenvalue weighted by atomic mass is 10.1. The quantitative estimate of drug-likeness (QED) is 0.589. The van der Waals surface area contributed by atoms with E-state index < -0.39 is 18.0 Å². The fourth-order valence-corrected chi connectivity index (χ4v) is 4.25. The average molecular weight is 456 g/mol. The number of halogens is 1. The van der Waals surface area contributed by atoms with Crippen LogP contribution in [0.5, 0.6) is 0 Å². The lowest BCUT2D eigenvalue weighted by Crippen LogP contribution is -2.27. The van der Waals surface area contributed by atoms with Crippen LogP contribution < -0.4 is 5.32 Å². The lowest BCUT2D eigenvalue weighted by molar-refractivity contribution is -0.119. The first-order valence-electron chi connectivity index (χ1n) is 9.58. The Morgan fingerprint density at radius 3 is 2.37 bits per heavy atom. The molecule has 30 heavy (non-hydrogen) atoms. The van der Waals surface area contributed by atoms with Crippen molar-refractivity contribution in [2.24, 2.45) is 0 Å². The van der Waals surface area contributed by atoms with Crippen molar-refractivity contribution in [1.29, 1.82) is 0 Å². The Kier molecular flexibility index (Phi) is 8.03.